The molecule has 2 aliphatic heterocycles. The van der Waals surface area contributed by atoms with Crippen molar-refractivity contribution in [2.45, 2.75) is 6.42 Å². The molecular weight excluding hydrogens is 478 g/mol. The maximum absolute atomic E-state index is 12.8. The first-order valence-electron chi connectivity index (χ1n) is 10.3. The summed E-state index contributed by atoms with van der Waals surface area (Å²) in [5, 5.41) is 2.88. The fourth-order valence-corrected chi connectivity index (χ4v) is 5.46. The van der Waals surface area contributed by atoms with Gasteiger partial charge in [0.15, 0.2) is 0 Å². The molecule has 3 amide bonds. The summed E-state index contributed by atoms with van der Waals surface area (Å²) in [5.74, 6) is -1.31. The number of anilines is 3. The molecule has 1 N–H and O–H groups in total. The van der Waals surface area contributed by atoms with Crippen LogP contribution in [0.4, 0.5) is 17.1 Å². The summed E-state index contributed by atoms with van der Waals surface area (Å²) in [6.45, 7) is 0.341. The number of nitrogens with zero attached hydrogens (tertiary/aromatic N) is 2. The fourth-order valence-electron chi connectivity index (χ4n) is 4.23. The molecule has 0 aromatic heterocycles. The normalized spacial score (nSPS) is 14.9. The predicted molar refractivity (Wildman–Crippen MR) is 129 cm³/mol. The Labute approximate surface area is 200 Å². The largest absolute Gasteiger partial charge is 0.322 e. The van der Waals surface area contributed by atoms with Gasteiger partial charge in [-0.05, 0) is 60.5 Å². The van der Waals surface area contributed by atoms with E-state index in [2.05, 4.69) is 5.32 Å². The number of amides is 3. The molecule has 0 aliphatic carbocycles. The number of fused-ring (bicyclic) bond motifs is 2. The van der Waals surface area contributed by atoms with E-state index in [9.17, 15) is 22.8 Å². The number of carbonyl (C=O) groups is 3. The van der Waals surface area contributed by atoms with Crippen molar-refractivity contribution in [3.63, 3.8) is 0 Å². The minimum Gasteiger partial charge on any atom is -0.322 e. The number of sulfonamides is 1. The van der Waals surface area contributed by atoms with Gasteiger partial charge in [-0.25, -0.2) is 13.3 Å². The van der Waals surface area contributed by atoms with Crippen molar-refractivity contribution in [3.05, 3.63) is 87.9 Å². The van der Waals surface area contributed by atoms with Gasteiger partial charge < -0.3 is 5.32 Å². The molecule has 0 radical (unpaired) electrons. The Morgan fingerprint density at radius 2 is 1.59 bits per heavy atom. The molecule has 0 fully saturated rings. The van der Waals surface area contributed by atoms with Gasteiger partial charge in [-0.3, -0.25) is 18.7 Å². The van der Waals surface area contributed by atoms with Crippen molar-refractivity contribution in [1.29, 1.82) is 0 Å². The molecule has 0 saturated heterocycles. The molecule has 10 heteroatoms. The highest BCUT2D eigenvalue weighted by Gasteiger charge is 2.37. The van der Waals surface area contributed by atoms with Crippen LogP contribution in [0.3, 0.4) is 0 Å². The lowest BCUT2D eigenvalue weighted by Crippen LogP contribution is -2.29. The zero-order chi connectivity index (χ0) is 24.2. The van der Waals surface area contributed by atoms with Crippen LogP contribution in [0.25, 0.3) is 0 Å². The monoisotopic (exact) mass is 495 g/mol. The van der Waals surface area contributed by atoms with Crippen LogP contribution < -0.4 is 14.5 Å². The Balaban J connectivity index is 1.36. The van der Waals surface area contributed by atoms with Crippen molar-refractivity contribution >= 4 is 56.4 Å². The smallest absolute Gasteiger partial charge is 0.266 e. The van der Waals surface area contributed by atoms with Crippen LogP contribution in [0.2, 0.25) is 5.02 Å². The van der Waals surface area contributed by atoms with E-state index in [0.29, 0.717) is 41.0 Å². The molecular formula is C24H18ClN3O5S. The summed E-state index contributed by atoms with van der Waals surface area (Å²) < 4.78 is 25.1. The van der Waals surface area contributed by atoms with Crippen LogP contribution >= 0.6 is 11.6 Å². The number of halogens is 1. The zero-order valence-corrected chi connectivity index (χ0v) is 19.5. The summed E-state index contributed by atoms with van der Waals surface area (Å²) in [6.07, 6.45) is 1.67. The number of hydrogen-bond donors (Lipinski definition) is 1. The fraction of sp³-hybridized carbons (Fsp3) is 0.125. The average Bonchev–Trinajstić information content (AvgIpc) is 3.33. The molecule has 2 aliphatic rings. The van der Waals surface area contributed by atoms with Crippen molar-refractivity contribution in [1.82, 2.24) is 0 Å². The van der Waals surface area contributed by atoms with Crippen LogP contribution in [0, 0.1) is 0 Å². The van der Waals surface area contributed by atoms with E-state index >= 15 is 0 Å². The topological polar surface area (TPSA) is 104 Å². The summed E-state index contributed by atoms with van der Waals surface area (Å²) in [5.41, 5.74) is 2.95. The molecule has 3 aromatic rings. The molecule has 0 atom stereocenters. The highest BCUT2D eigenvalue weighted by molar-refractivity contribution is 7.92. The maximum atomic E-state index is 12.8. The van der Waals surface area contributed by atoms with Crippen molar-refractivity contribution in [3.8, 4) is 0 Å². The van der Waals surface area contributed by atoms with Gasteiger partial charge in [0.25, 0.3) is 17.7 Å². The standard InChI is InChI=1S/C24H18ClN3O5S/c1-34(32,33)27-11-10-14-12-15(6-8-20(14)27)22(29)26-16-7-9-21(19(25)13-16)28-23(30)17-4-2-3-5-18(17)24(28)31/h2-9,12-13H,10-11H2,1H3,(H,26,29). The van der Waals surface area contributed by atoms with Gasteiger partial charge >= 0.3 is 0 Å². The molecule has 0 spiro atoms. The number of benzene rings is 3. The molecule has 0 bridgehead atoms. The zero-order valence-electron chi connectivity index (χ0n) is 17.9. The molecule has 2 heterocycles. The Morgan fingerprint density at radius 3 is 2.21 bits per heavy atom. The number of rotatable bonds is 4. The van der Waals surface area contributed by atoms with E-state index in [0.717, 1.165) is 16.7 Å². The van der Waals surface area contributed by atoms with Crippen LogP contribution in [-0.2, 0) is 16.4 Å². The second-order valence-electron chi connectivity index (χ2n) is 8.04. The molecule has 172 valence electrons. The number of nitrogens with one attached hydrogen (secondary N) is 1. The third-order valence-corrected chi connectivity index (χ3v) is 7.32. The number of carbonyl (C=O) groups excluding carboxylic acids is 3. The third-order valence-electron chi connectivity index (χ3n) is 5.84. The quantitative estimate of drug-likeness (QED) is 0.555. The van der Waals surface area contributed by atoms with Gasteiger partial charge in [0.2, 0.25) is 10.0 Å². The second-order valence-corrected chi connectivity index (χ2v) is 10.4. The molecule has 34 heavy (non-hydrogen) atoms. The van der Waals surface area contributed by atoms with Gasteiger partial charge in [0.1, 0.15) is 0 Å². The third kappa shape index (κ3) is 3.63. The highest BCUT2D eigenvalue weighted by Crippen LogP contribution is 2.35. The van der Waals surface area contributed by atoms with E-state index in [1.54, 1.807) is 48.5 Å². The van der Waals surface area contributed by atoms with E-state index in [4.69, 9.17) is 11.6 Å². The number of imide groups is 1. The van der Waals surface area contributed by atoms with E-state index < -0.39 is 27.7 Å². The minimum atomic E-state index is -3.37. The Bertz CT molecular complexity index is 1470. The Morgan fingerprint density at radius 1 is 0.941 bits per heavy atom. The summed E-state index contributed by atoms with van der Waals surface area (Å²) in [4.78, 5) is 39.3. The van der Waals surface area contributed by atoms with Crippen molar-refractivity contribution in [2.75, 3.05) is 27.3 Å². The molecule has 8 nitrogen and oxygen atoms in total. The summed E-state index contributed by atoms with van der Waals surface area (Å²) in [6, 6.07) is 15.9. The first-order valence-corrected chi connectivity index (χ1v) is 12.6. The molecule has 0 unspecified atom stereocenters. The average molecular weight is 496 g/mol. The minimum absolute atomic E-state index is 0.130. The van der Waals surface area contributed by atoms with Gasteiger partial charge in [-0.15, -0.1) is 0 Å². The Hall–Kier alpha value is -3.69. The van der Waals surface area contributed by atoms with Gasteiger partial charge in [-0.2, -0.15) is 0 Å². The van der Waals surface area contributed by atoms with Crippen molar-refractivity contribution < 1.29 is 22.8 Å². The maximum Gasteiger partial charge on any atom is 0.266 e. The van der Waals surface area contributed by atoms with Crippen LogP contribution in [0.15, 0.2) is 60.7 Å². The highest BCUT2D eigenvalue weighted by atomic mass is 35.5. The molecule has 3 aromatic carbocycles. The van der Waals surface area contributed by atoms with Crippen LogP contribution in [0.5, 0.6) is 0 Å². The first kappa shape index (κ1) is 22.1. The van der Waals surface area contributed by atoms with Crippen LogP contribution in [0.1, 0.15) is 36.6 Å². The predicted octanol–water partition coefficient (Wildman–Crippen LogP) is 3.72. The van der Waals surface area contributed by atoms with Crippen molar-refractivity contribution in [2.24, 2.45) is 0 Å². The van der Waals surface area contributed by atoms with E-state index in [1.807, 2.05) is 0 Å². The first-order chi connectivity index (χ1) is 16.1. The van der Waals surface area contributed by atoms with Gasteiger partial charge in [-0.1, -0.05) is 23.7 Å². The SMILES string of the molecule is CS(=O)(=O)N1CCc2cc(C(=O)Nc3ccc(N4C(=O)c5ccccc5C4=O)c(Cl)c3)ccc21. The lowest BCUT2D eigenvalue weighted by atomic mass is 10.1. The summed E-state index contributed by atoms with van der Waals surface area (Å²) >= 11 is 6.39. The van der Waals surface area contributed by atoms with Gasteiger partial charge in [0.05, 0.1) is 33.8 Å². The van der Waals surface area contributed by atoms with E-state index in [1.165, 1.54) is 16.4 Å². The summed E-state index contributed by atoms with van der Waals surface area (Å²) in [7, 11) is -3.37. The van der Waals surface area contributed by atoms with Crippen LogP contribution in [-0.4, -0.2) is 38.9 Å². The number of hydrogen-bond acceptors (Lipinski definition) is 5. The van der Waals surface area contributed by atoms with E-state index in [-0.39, 0.29) is 10.7 Å². The lowest BCUT2D eigenvalue weighted by Gasteiger charge is -2.17. The Kier molecular flexibility index (Phi) is 5.18. The second kappa shape index (κ2) is 7.96. The van der Waals surface area contributed by atoms with Gasteiger partial charge in [0, 0.05) is 17.8 Å². The lowest BCUT2D eigenvalue weighted by molar-refractivity contribution is 0.0924. The molecule has 5 rings (SSSR count). The molecule has 0 saturated carbocycles.